The van der Waals surface area contributed by atoms with E-state index in [4.69, 9.17) is 28.4 Å². The quantitative estimate of drug-likeness (QED) is 0.727. The summed E-state index contributed by atoms with van der Waals surface area (Å²) in [4.78, 5) is 11.8. The van der Waals surface area contributed by atoms with Gasteiger partial charge in [0.25, 0.3) is 0 Å². The molecule has 3 heterocycles. The van der Waals surface area contributed by atoms with E-state index in [1.165, 1.54) is 0 Å². The number of ether oxygens (including phenoxy) is 6. The lowest BCUT2D eigenvalue weighted by atomic mass is 10.1. The second kappa shape index (κ2) is 5.97. The van der Waals surface area contributed by atoms with Gasteiger partial charge in [0.2, 0.25) is 6.29 Å². The summed E-state index contributed by atoms with van der Waals surface area (Å²) in [6.07, 6.45) is -1.21. The molecule has 0 radical (unpaired) electrons. The second-order valence-electron chi connectivity index (χ2n) is 7.14. The van der Waals surface area contributed by atoms with Gasteiger partial charge >= 0.3 is 5.97 Å². The fraction of sp³-hybridized carbons (Fsp3) is 0.938. The average molecular weight is 330 g/mol. The van der Waals surface area contributed by atoms with Crippen LogP contribution in [0.5, 0.6) is 0 Å². The van der Waals surface area contributed by atoms with E-state index in [-0.39, 0.29) is 18.2 Å². The van der Waals surface area contributed by atoms with Crippen molar-refractivity contribution in [1.29, 1.82) is 0 Å². The van der Waals surface area contributed by atoms with Gasteiger partial charge in [-0.05, 0) is 34.1 Å². The van der Waals surface area contributed by atoms with Gasteiger partial charge in [0.1, 0.15) is 18.3 Å². The molecule has 0 spiro atoms. The third-order valence-corrected chi connectivity index (χ3v) is 4.15. The molecule has 5 atom stereocenters. The van der Waals surface area contributed by atoms with Crippen molar-refractivity contribution in [3.8, 4) is 0 Å². The fourth-order valence-electron chi connectivity index (χ4n) is 3.26. The molecule has 0 aromatic heterocycles. The Hall–Kier alpha value is -0.730. The molecule has 132 valence electrons. The summed E-state index contributed by atoms with van der Waals surface area (Å²) in [5.74, 6) is -1.70. The van der Waals surface area contributed by atoms with Crippen molar-refractivity contribution in [3.63, 3.8) is 0 Å². The second-order valence-corrected chi connectivity index (χ2v) is 7.14. The van der Waals surface area contributed by atoms with Crippen molar-refractivity contribution in [2.24, 2.45) is 0 Å². The van der Waals surface area contributed by atoms with Crippen LogP contribution in [-0.4, -0.2) is 54.9 Å². The van der Waals surface area contributed by atoms with Crippen LogP contribution in [0.2, 0.25) is 0 Å². The number of esters is 1. The molecule has 7 nitrogen and oxygen atoms in total. The van der Waals surface area contributed by atoms with Crippen molar-refractivity contribution in [3.05, 3.63) is 0 Å². The number of rotatable bonds is 4. The van der Waals surface area contributed by atoms with Gasteiger partial charge < -0.3 is 28.4 Å². The minimum atomic E-state index is -0.780. The minimum Gasteiger partial charge on any atom is -0.433 e. The predicted octanol–water partition coefficient (Wildman–Crippen LogP) is 1.73. The molecule has 0 N–H and O–H groups in total. The van der Waals surface area contributed by atoms with Crippen molar-refractivity contribution in [2.75, 3.05) is 6.61 Å². The molecular formula is C16H26O7. The summed E-state index contributed by atoms with van der Waals surface area (Å²) in [7, 11) is 0. The summed E-state index contributed by atoms with van der Waals surface area (Å²) in [6, 6.07) is 0. The summed E-state index contributed by atoms with van der Waals surface area (Å²) in [6.45, 7) is 9.71. The monoisotopic (exact) mass is 330 g/mol. The van der Waals surface area contributed by atoms with Gasteiger partial charge in [-0.2, -0.15) is 0 Å². The molecule has 0 amide bonds. The van der Waals surface area contributed by atoms with E-state index in [0.29, 0.717) is 13.0 Å². The molecule has 3 aliphatic rings. The number of hydrogen-bond donors (Lipinski definition) is 0. The smallest absolute Gasteiger partial charge is 0.308 e. The van der Waals surface area contributed by atoms with Crippen molar-refractivity contribution >= 4 is 5.97 Å². The number of carbonyl (C=O) groups excluding carboxylic acids is 1. The lowest BCUT2D eigenvalue weighted by Crippen LogP contribution is -2.40. The fourth-order valence-corrected chi connectivity index (χ4v) is 3.26. The molecule has 0 aromatic carbocycles. The maximum atomic E-state index is 11.8. The molecule has 0 aliphatic carbocycles. The largest absolute Gasteiger partial charge is 0.433 e. The van der Waals surface area contributed by atoms with Gasteiger partial charge in [-0.1, -0.05) is 6.92 Å². The van der Waals surface area contributed by atoms with Gasteiger partial charge in [0.15, 0.2) is 17.7 Å². The van der Waals surface area contributed by atoms with E-state index in [0.717, 1.165) is 6.42 Å². The summed E-state index contributed by atoms with van der Waals surface area (Å²) < 4.78 is 34.7. The van der Waals surface area contributed by atoms with Crippen LogP contribution in [0.25, 0.3) is 0 Å². The molecule has 3 rings (SSSR count). The number of hydrogen-bond acceptors (Lipinski definition) is 7. The Morgan fingerprint density at radius 1 is 1.04 bits per heavy atom. The minimum absolute atomic E-state index is 0.287. The summed E-state index contributed by atoms with van der Waals surface area (Å²) in [5.41, 5.74) is 0. The molecule has 2 unspecified atom stereocenters. The van der Waals surface area contributed by atoms with Gasteiger partial charge in [0, 0.05) is 6.42 Å². The molecule has 7 heteroatoms. The third-order valence-electron chi connectivity index (χ3n) is 4.15. The highest BCUT2D eigenvalue weighted by atomic mass is 16.8. The molecule has 0 aromatic rings. The predicted molar refractivity (Wildman–Crippen MR) is 78.4 cm³/mol. The first kappa shape index (κ1) is 17.1. The van der Waals surface area contributed by atoms with Gasteiger partial charge in [-0.25, -0.2) is 0 Å². The van der Waals surface area contributed by atoms with E-state index < -0.39 is 30.1 Å². The Labute approximate surface area is 136 Å². The zero-order valence-corrected chi connectivity index (χ0v) is 14.4. The van der Waals surface area contributed by atoms with Crippen molar-refractivity contribution in [1.82, 2.24) is 0 Å². The van der Waals surface area contributed by atoms with E-state index in [2.05, 4.69) is 0 Å². The molecule has 0 bridgehead atoms. The van der Waals surface area contributed by atoms with Crippen LogP contribution in [0, 0.1) is 0 Å². The highest BCUT2D eigenvalue weighted by Crippen LogP contribution is 2.42. The molecule has 0 saturated carbocycles. The average Bonchev–Trinajstić information content (AvgIpc) is 3.02. The van der Waals surface area contributed by atoms with Crippen molar-refractivity contribution in [2.45, 2.75) is 89.7 Å². The van der Waals surface area contributed by atoms with Crippen LogP contribution in [0.4, 0.5) is 0 Å². The highest BCUT2D eigenvalue weighted by Gasteiger charge is 2.60. The molecule has 3 aliphatic heterocycles. The van der Waals surface area contributed by atoms with E-state index >= 15 is 0 Å². The van der Waals surface area contributed by atoms with Crippen molar-refractivity contribution < 1.29 is 33.2 Å². The van der Waals surface area contributed by atoms with Crippen LogP contribution in [0.1, 0.15) is 47.5 Å². The molecule has 23 heavy (non-hydrogen) atoms. The van der Waals surface area contributed by atoms with Crippen LogP contribution in [-0.2, 0) is 33.2 Å². The Bertz CT molecular complexity index is 461. The Balaban J connectivity index is 1.73. The van der Waals surface area contributed by atoms with Gasteiger partial charge in [-0.3, -0.25) is 4.79 Å². The molecule has 3 fully saturated rings. The standard InChI is InChI=1S/C16H26O7/c1-6-7-10(17)19-14-13-12(22-16(4,5)23-13)11(20-14)9-8-18-15(2,3)21-9/h9,11-14H,6-8H2,1-5H3/t9?,11-,12?,13-,14+/m0/s1. The van der Waals surface area contributed by atoms with E-state index in [1.54, 1.807) is 0 Å². The third kappa shape index (κ3) is 3.53. The Morgan fingerprint density at radius 2 is 1.74 bits per heavy atom. The highest BCUT2D eigenvalue weighted by molar-refractivity contribution is 5.69. The first-order valence-corrected chi connectivity index (χ1v) is 8.23. The zero-order chi connectivity index (χ0) is 16.8. The number of fused-ring (bicyclic) bond motifs is 1. The lowest BCUT2D eigenvalue weighted by molar-refractivity contribution is -0.244. The first-order chi connectivity index (χ1) is 10.7. The van der Waals surface area contributed by atoms with E-state index in [1.807, 2.05) is 34.6 Å². The molecule has 3 saturated heterocycles. The lowest BCUT2D eigenvalue weighted by Gasteiger charge is -2.26. The zero-order valence-electron chi connectivity index (χ0n) is 14.4. The normalized spacial score (nSPS) is 41.0. The van der Waals surface area contributed by atoms with Crippen LogP contribution >= 0.6 is 0 Å². The maximum absolute atomic E-state index is 11.8. The van der Waals surface area contributed by atoms with Gasteiger partial charge in [-0.15, -0.1) is 0 Å². The maximum Gasteiger partial charge on any atom is 0.308 e. The summed E-state index contributed by atoms with van der Waals surface area (Å²) >= 11 is 0. The van der Waals surface area contributed by atoms with Crippen LogP contribution < -0.4 is 0 Å². The topological polar surface area (TPSA) is 72.5 Å². The number of carbonyl (C=O) groups is 1. The summed E-state index contributed by atoms with van der Waals surface area (Å²) in [5, 5.41) is 0. The Kier molecular flexibility index (Phi) is 4.44. The first-order valence-electron chi connectivity index (χ1n) is 8.23. The van der Waals surface area contributed by atoms with Crippen LogP contribution in [0.3, 0.4) is 0 Å². The molecular weight excluding hydrogens is 304 g/mol. The van der Waals surface area contributed by atoms with Crippen LogP contribution in [0.15, 0.2) is 0 Å². The van der Waals surface area contributed by atoms with E-state index in [9.17, 15) is 4.79 Å². The SMILES string of the molecule is CCCC(=O)O[C@@H]1O[C@@H](C2COC(C)(C)O2)C2OC(C)(C)O[C@@H]21. The van der Waals surface area contributed by atoms with Gasteiger partial charge in [0.05, 0.1) is 6.61 Å². The Morgan fingerprint density at radius 3 is 2.35 bits per heavy atom.